The predicted molar refractivity (Wildman–Crippen MR) is 75.3 cm³/mol. The minimum atomic E-state index is -0.972. The molecule has 0 aliphatic carbocycles. The highest BCUT2D eigenvalue weighted by molar-refractivity contribution is 5.85. The van der Waals surface area contributed by atoms with Gasteiger partial charge in [-0.15, -0.1) is 0 Å². The smallest absolute Gasteiger partial charge is 0.326 e. The maximum atomic E-state index is 12.0. The normalized spacial score (nSPS) is 19.5. The maximum Gasteiger partial charge on any atom is 0.326 e. The molecule has 0 bridgehead atoms. The molecule has 1 aliphatic rings. The molecule has 3 N–H and O–H groups in total. The van der Waals surface area contributed by atoms with E-state index in [0.717, 1.165) is 18.5 Å². The summed E-state index contributed by atoms with van der Waals surface area (Å²) in [6.45, 7) is 1.46. The minimum absolute atomic E-state index is 0.103. The molecule has 0 saturated carbocycles. The zero-order valence-electron chi connectivity index (χ0n) is 11.3. The van der Waals surface area contributed by atoms with Gasteiger partial charge in [0.05, 0.1) is 5.92 Å². The largest absolute Gasteiger partial charge is 0.480 e. The molecule has 5 heteroatoms. The Morgan fingerprint density at radius 3 is 2.70 bits per heavy atom. The molecule has 2 unspecified atom stereocenters. The molecule has 0 radical (unpaired) electrons. The molecule has 20 heavy (non-hydrogen) atoms. The van der Waals surface area contributed by atoms with Gasteiger partial charge in [0.25, 0.3) is 0 Å². The van der Waals surface area contributed by atoms with E-state index in [1.165, 1.54) is 0 Å². The van der Waals surface area contributed by atoms with Crippen LogP contribution in [0.4, 0.5) is 0 Å². The third kappa shape index (κ3) is 4.06. The van der Waals surface area contributed by atoms with Gasteiger partial charge in [0.1, 0.15) is 6.04 Å². The van der Waals surface area contributed by atoms with Crippen molar-refractivity contribution < 1.29 is 14.7 Å². The average molecular weight is 276 g/mol. The van der Waals surface area contributed by atoms with Crippen molar-refractivity contribution in [1.29, 1.82) is 0 Å². The molecule has 1 amide bonds. The summed E-state index contributed by atoms with van der Waals surface area (Å²) in [6.07, 6.45) is 1.82. The first-order chi connectivity index (χ1) is 9.66. The number of hydrogen-bond acceptors (Lipinski definition) is 3. The number of aliphatic carboxylic acids is 1. The van der Waals surface area contributed by atoms with Crippen molar-refractivity contribution in [3.8, 4) is 0 Å². The summed E-state index contributed by atoms with van der Waals surface area (Å²) in [4.78, 5) is 23.2. The molecule has 108 valence electrons. The van der Waals surface area contributed by atoms with Crippen LogP contribution < -0.4 is 10.6 Å². The molecule has 2 atom stereocenters. The first kappa shape index (κ1) is 14.5. The molecule has 1 heterocycles. The van der Waals surface area contributed by atoms with Crippen molar-refractivity contribution in [2.45, 2.75) is 25.3 Å². The molecule has 1 fully saturated rings. The van der Waals surface area contributed by atoms with E-state index in [2.05, 4.69) is 10.6 Å². The van der Waals surface area contributed by atoms with E-state index < -0.39 is 12.0 Å². The standard InChI is InChI=1S/C15H20N2O3/c18-14(12-8-9-16-10-12)17-13(15(19)20)7-6-11-4-2-1-3-5-11/h1-5,12-13,16H,6-10H2,(H,17,18)(H,19,20). The Morgan fingerprint density at radius 1 is 1.35 bits per heavy atom. The Balaban J connectivity index is 1.87. The van der Waals surface area contributed by atoms with Crippen molar-refractivity contribution >= 4 is 11.9 Å². The molecule has 1 aliphatic heterocycles. The summed E-state index contributed by atoms with van der Waals surface area (Å²) in [5, 5.41) is 15.0. The molecule has 0 spiro atoms. The van der Waals surface area contributed by atoms with Gasteiger partial charge in [0.2, 0.25) is 5.91 Å². The third-order valence-corrected chi connectivity index (χ3v) is 3.61. The molecule has 1 saturated heterocycles. The van der Waals surface area contributed by atoms with Crippen molar-refractivity contribution in [3.05, 3.63) is 35.9 Å². The quantitative estimate of drug-likeness (QED) is 0.718. The van der Waals surface area contributed by atoms with E-state index in [-0.39, 0.29) is 11.8 Å². The van der Waals surface area contributed by atoms with Gasteiger partial charge in [0.15, 0.2) is 0 Å². The number of benzene rings is 1. The van der Waals surface area contributed by atoms with Crippen molar-refractivity contribution in [2.24, 2.45) is 5.92 Å². The molecule has 2 rings (SSSR count). The number of carboxylic acid groups (broad SMARTS) is 1. The number of hydrogen-bond donors (Lipinski definition) is 3. The second-order valence-corrected chi connectivity index (χ2v) is 5.11. The minimum Gasteiger partial charge on any atom is -0.480 e. The highest BCUT2D eigenvalue weighted by Crippen LogP contribution is 2.10. The molecular weight excluding hydrogens is 256 g/mol. The van der Waals surface area contributed by atoms with E-state index >= 15 is 0 Å². The Labute approximate surface area is 118 Å². The lowest BCUT2D eigenvalue weighted by Crippen LogP contribution is -2.44. The van der Waals surface area contributed by atoms with Gasteiger partial charge >= 0.3 is 5.97 Å². The van der Waals surface area contributed by atoms with Crippen LogP contribution >= 0.6 is 0 Å². The van der Waals surface area contributed by atoms with Crippen LogP contribution in [0.3, 0.4) is 0 Å². The summed E-state index contributed by atoms with van der Waals surface area (Å²) in [6, 6.07) is 8.88. The Kier molecular flexibility index (Phi) is 5.12. The van der Waals surface area contributed by atoms with Gasteiger partial charge in [-0.05, 0) is 31.4 Å². The van der Waals surface area contributed by atoms with Crippen molar-refractivity contribution in [3.63, 3.8) is 0 Å². The summed E-state index contributed by atoms with van der Waals surface area (Å²) in [7, 11) is 0. The number of rotatable bonds is 6. The predicted octanol–water partition coefficient (Wildman–Crippen LogP) is 0.798. The van der Waals surface area contributed by atoms with Gasteiger partial charge in [-0.1, -0.05) is 30.3 Å². The number of carbonyl (C=O) groups is 2. The van der Waals surface area contributed by atoms with Crippen LogP contribution in [0.5, 0.6) is 0 Å². The van der Waals surface area contributed by atoms with Crippen molar-refractivity contribution in [2.75, 3.05) is 13.1 Å². The Bertz CT molecular complexity index is 455. The fourth-order valence-electron chi connectivity index (χ4n) is 2.38. The number of aryl methyl sites for hydroxylation is 1. The summed E-state index contributed by atoms with van der Waals surface area (Å²) >= 11 is 0. The molecule has 1 aromatic rings. The Morgan fingerprint density at radius 2 is 2.10 bits per heavy atom. The lowest BCUT2D eigenvalue weighted by atomic mass is 10.0. The number of carboxylic acids is 1. The number of nitrogens with one attached hydrogen (secondary N) is 2. The van der Waals surface area contributed by atoms with Gasteiger partial charge in [-0.3, -0.25) is 4.79 Å². The second-order valence-electron chi connectivity index (χ2n) is 5.11. The third-order valence-electron chi connectivity index (χ3n) is 3.61. The fraction of sp³-hybridized carbons (Fsp3) is 0.467. The van der Waals surface area contributed by atoms with Gasteiger partial charge in [-0.25, -0.2) is 4.79 Å². The maximum absolute atomic E-state index is 12.0. The Hall–Kier alpha value is -1.88. The first-order valence-electron chi connectivity index (χ1n) is 6.94. The fourth-order valence-corrected chi connectivity index (χ4v) is 2.38. The average Bonchev–Trinajstić information content (AvgIpc) is 2.98. The lowest BCUT2D eigenvalue weighted by molar-refractivity contribution is -0.142. The van der Waals surface area contributed by atoms with Crippen LogP contribution in [-0.2, 0) is 16.0 Å². The van der Waals surface area contributed by atoms with Crippen LogP contribution in [-0.4, -0.2) is 36.1 Å². The van der Waals surface area contributed by atoms with E-state index in [9.17, 15) is 14.7 Å². The molecule has 0 aromatic heterocycles. The monoisotopic (exact) mass is 276 g/mol. The highest BCUT2D eigenvalue weighted by Gasteiger charge is 2.27. The highest BCUT2D eigenvalue weighted by atomic mass is 16.4. The topological polar surface area (TPSA) is 78.4 Å². The number of carbonyl (C=O) groups excluding carboxylic acids is 1. The van der Waals surface area contributed by atoms with E-state index in [1.807, 2.05) is 30.3 Å². The molecular formula is C15H20N2O3. The molecule has 1 aromatic carbocycles. The molecule has 5 nitrogen and oxygen atoms in total. The second kappa shape index (κ2) is 7.05. The van der Waals surface area contributed by atoms with Crippen LogP contribution in [0.1, 0.15) is 18.4 Å². The SMILES string of the molecule is O=C(NC(CCc1ccccc1)C(=O)O)C1CCNC1. The summed E-state index contributed by atoms with van der Waals surface area (Å²) < 4.78 is 0. The van der Waals surface area contributed by atoms with Crippen molar-refractivity contribution in [1.82, 2.24) is 10.6 Å². The van der Waals surface area contributed by atoms with Gasteiger partial charge in [-0.2, -0.15) is 0 Å². The van der Waals surface area contributed by atoms with Crippen LogP contribution in [0.2, 0.25) is 0 Å². The van der Waals surface area contributed by atoms with E-state index in [4.69, 9.17) is 0 Å². The summed E-state index contributed by atoms with van der Waals surface area (Å²) in [5.74, 6) is -1.23. The summed E-state index contributed by atoms with van der Waals surface area (Å²) in [5.41, 5.74) is 1.08. The van der Waals surface area contributed by atoms with Gasteiger partial charge < -0.3 is 15.7 Å². The van der Waals surface area contributed by atoms with E-state index in [0.29, 0.717) is 19.4 Å². The van der Waals surface area contributed by atoms with Crippen LogP contribution in [0, 0.1) is 5.92 Å². The zero-order chi connectivity index (χ0) is 14.4. The first-order valence-corrected chi connectivity index (χ1v) is 6.94. The van der Waals surface area contributed by atoms with Crippen LogP contribution in [0.25, 0.3) is 0 Å². The lowest BCUT2D eigenvalue weighted by Gasteiger charge is -2.17. The van der Waals surface area contributed by atoms with Gasteiger partial charge in [0, 0.05) is 6.54 Å². The number of amides is 1. The zero-order valence-corrected chi connectivity index (χ0v) is 11.3. The van der Waals surface area contributed by atoms with E-state index in [1.54, 1.807) is 0 Å². The van der Waals surface area contributed by atoms with Crippen LogP contribution in [0.15, 0.2) is 30.3 Å².